The maximum Gasteiger partial charge on any atom is 0.238 e. The molecular weight excluding hydrogens is 324 g/mol. The van der Waals surface area contributed by atoms with Gasteiger partial charge in [0.1, 0.15) is 12.4 Å². The first-order chi connectivity index (χ1) is 9.77. The summed E-state index contributed by atoms with van der Waals surface area (Å²) >= 11 is 5.54. The van der Waals surface area contributed by atoms with E-state index in [1.807, 2.05) is 0 Å². The molecule has 0 heterocycles. The fourth-order valence-corrected chi connectivity index (χ4v) is 2.21. The lowest BCUT2D eigenvalue weighted by Crippen LogP contribution is -2.12. The van der Waals surface area contributed by atoms with Crippen LogP contribution < -0.4 is 9.88 Å². The lowest BCUT2D eigenvalue weighted by molar-refractivity contribution is 0.289. The molecule has 2 N–H and O–H groups in total. The average molecular weight is 334 g/mol. The fraction of sp³-hybridized carbons (Fsp3) is 0.0769. The van der Waals surface area contributed by atoms with Crippen LogP contribution in [0, 0.1) is 11.6 Å². The van der Waals surface area contributed by atoms with Gasteiger partial charge >= 0.3 is 0 Å². The van der Waals surface area contributed by atoms with Crippen LogP contribution in [-0.2, 0) is 16.6 Å². The van der Waals surface area contributed by atoms with Gasteiger partial charge in [-0.25, -0.2) is 22.3 Å². The van der Waals surface area contributed by atoms with Crippen LogP contribution in [0.1, 0.15) is 5.56 Å². The molecule has 0 unspecified atom stereocenters. The highest BCUT2D eigenvalue weighted by atomic mass is 35.5. The van der Waals surface area contributed by atoms with E-state index in [-0.39, 0.29) is 22.3 Å². The molecule has 112 valence electrons. The van der Waals surface area contributed by atoms with E-state index in [2.05, 4.69) is 0 Å². The number of rotatable bonds is 4. The van der Waals surface area contributed by atoms with Gasteiger partial charge in [0.25, 0.3) is 0 Å². The normalized spacial score (nSPS) is 11.4. The van der Waals surface area contributed by atoms with E-state index in [0.29, 0.717) is 5.56 Å². The Morgan fingerprint density at radius 1 is 1.10 bits per heavy atom. The second-order valence-electron chi connectivity index (χ2n) is 4.17. The summed E-state index contributed by atoms with van der Waals surface area (Å²) in [5.41, 5.74) is 0.451. The Kier molecular flexibility index (Phi) is 4.46. The van der Waals surface area contributed by atoms with E-state index in [1.54, 1.807) is 0 Å². The smallest absolute Gasteiger partial charge is 0.238 e. The number of primary sulfonamides is 1. The van der Waals surface area contributed by atoms with Gasteiger partial charge in [0.05, 0.1) is 9.92 Å². The Morgan fingerprint density at radius 2 is 1.81 bits per heavy atom. The summed E-state index contributed by atoms with van der Waals surface area (Å²) in [6, 6.07) is 7.07. The van der Waals surface area contributed by atoms with E-state index >= 15 is 0 Å². The van der Waals surface area contributed by atoms with Crippen molar-refractivity contribution < 1.29 is 21.9 Å². The van der Waals surface area contributed by atoms with Crippen LogP contribution in [0.25, 0.3) is 0 Å². The minimum Gasteiger partial charge on any atom is -0.486 e. The summed E-state index contributed by atoms with van der Waals surface area (Å²) < 4.78 is 54.2. The number of sulfonamides is 1. The zero-order valence-corrected chi connectivity index (χ0v) is 12.1. The molecule has 8 heteroatoms. The van der Waals surface area contributed by atoms with Gasteiger partial charge in [-0.3, -0.25) is 0 Å². The van der Waals surface area contributed by atoms with Gasteiger partial charge in [0.2, 0.25) is 10.0 Å². The Morgan fingerprint density at radius 3 is 2.38 bits per heavy atom. The van der Waals surface area contributed by atoms with Gasteiger partial charge in [0, 0.05) is 0 Å². The predicted molar refractivity (Wildman–Crippen MR) is 73.5 cm³/mol. The Labute approximate surface area is 125 Å². The molecule has 0 aliphatic rings. The Balaban J connectivity index is 2.15. The summed E-state index contributed by atoms with van der Waals surface area (Å²) in [5.74, 6) is -1.66. The van der Waals surface area contributed by atoms with Gasteiger partial charge in [-0.15, -0.1) is 0 Å². The lowest BCUT2D eigenvalue weighted by atomic mass is 10.2. The molecule has 0 aliphatic heterocycles. The Hall–Kier alpha value is -1.70. The summed E-state index contributed by atoms with van der Waals surface area (Å²) in [5, 5.41) is 4.86. The third-order valence-corrected chi connectivity index (χ3v) is 3.83. The highest BCUT2D eigenvalue weighted by Crippen LogP contribution is 2.22. The minimum absolute atomic E-state index is 0.0255. The van der Waals surface area contributed by atoms with Crippen LogP contribution in [0.4, 0.5) is 8.78 Å². The molecule has 2 aromatic rings. The molecule has 4 nitrogen and oxygen atoms in total. The van der Waals surface area contributed by atoms with Crippen molar-refractivity contribution in [1.82, 2.24) is 0 Å². The summed E-state index contributed by atoms with van der Waals surface area (Å²) in [4.78, 5) is -0.357. The molecule has 0 spiro atoms. The molecule has 0 bridgehead atoms. The maximum atomic E-state index is 13.7. The highest BCUT2D eigenvalue weighted by molar-refractivity contribution is 7.89. The summed E-state index contributed by atoms with van der Waals surface area (Å²) in [6.07, 6.45) is 0. The van der Waals surface area contributed by atoms with Crippen LogP contribution in [0.2, 0.25) is 5.02 Å². The van der Waals surface area contributed by atoms with Gasteiger partial charge < -0.3 is 4.74 Å². The van der Waals surface area contributed by atoms with Crippen molar-refractivity contribution in [2.75, 3.05) is 0 Å². The first kappa shape index (κ1) is 15.7. The van der Waals surface area contributed by atoms with Crippen molar-refractivity contribution in [2.45, 2.75) is 11.5 Å². The van der Waals surface area contributed by atoms with Crippen molar-refractivity contribution in [2.24, 2.45) is 5.14 Å². The van der Waals surface area contributed by atoms with Crippen molar-refractivity contribution >= 4 is 21.6 Å². The summed E-state index contributed by atoms with van der Waals surface area (Å²) in [7, 11) is -3.98. The van der Waals surface area contributed by atoms with Crippen molar-refractivity contribution in [3.8, 4) is 5.75 Å². The minimum atomic E-state index is -3.98. The SMILES string of the molecule is NS(=O)(=O)c1ccc(OCc2ccc(Cl)c(F)c2)c(F)c1. The van der Waals surface area contributed by atoms with Crippen LogP contribution in [0.15, 0.2) is 41.3 Å². The average Bonchev–Trinajstić information content (AvgIpc) is 2.40. The van der Waals surface area contributed by atoms with Gasteiger partial charge in [-0.05, 0) is 35.9 Å². The molecule has 2 aromatic carbocycles. The van der Waals surface area contributed by atoms with Crippen molar-refractivity contribution in [3.63, 3.8) is 0 Å². The first-order valence-corrected chi connectivity index (χ1v) is 7.59. The molecule has 0 fully saturated rings. The van der Waals surface area contributed by atoms with E-state index in [0.717, 1.165) is 18.2 Å². The second-order valence-corrected chi connectivity index (χ2v) is 6.14. The standard InChI is InChI=1S/C13H10ClF2NO3S/c14-10-3-1-8(5-11(10)15)7-20-13-4-2-9(6-12(13)16)21(17,18)19/h1-6H,7H2,(H2,17,18,19). The van der Waals surface area contributed by atoms with Crippen LogP contribution >= 0.6 is 11.6 Å². The first-order valence-electron chi connectivity index (χ1n) is 5.66. The largest absolute Gasteiger partial charge is 0.486 e. The zero-order valence-electron chi connectivity index (χ0n) is 10.5. The molecule has 0 aromatic heterocycles. The number of hydrogen-bond donors (Lipinski definition) is 1. The van der Waals surface area contributed by atoms with Gasteiger partial charge in [-0.2, -0.15) is 0 Å². The lowest BCUT2D eigenvalue weighted by Gasteiger charge is -2.08. The number of nitrogens with two attached hydrogens (primary N) is 1. The quantitative estimate of drug-likeness (QED) is 0.935. The Bertz CT molecular complexity index is 781. The third kappa shape index (κ3) is 3.90. The number of halogens is 3. The number of hydrogen-bond acceptors (Lipinski definition) is 3. The van der Waals surface area contributed by atoms with Crippen molar-refractivity contribution in [1.29, 1.82) is 0 Å². The van der Waals surface area contributed by atoms with E-state index in [4.69, 9.17) is 21.5 Å². The monoisotopic (exact) mass is 333 g/mol. The van der Waals surface area contributed by atoms with E-state index in [1.165, 1.54) is 18.2 Å². The van der Waals surface area contributed by atoms with Gasteiger partial charge in [0.15, 0.2) is 11.6 Å². The topological polar surface area (TPSA) is 69.4 Å². The number of benzene rings is 2. The van der Waals surface area contributed by atoms with Gasteiger partial charge in [-0.1, -0.05) is 17.7 Å². The number of ether oxygens (including phenoxy) is 1. The molecule has 2 rings (SSSR count). The molecule has 0 atom stereocenters. The third-order valence-electron chi connectivity index (χ3n) is 2.61. The molecule has 0 aliphatic carbocycles. The van der Waals surface area contributed by atoms with Crippen LogP contribution in [-0.4, -0.2) is 8.42 Å². The summed E-state index contributed by atoms with van der Waals surface area (Å²) in [6.45, 7) is -0.0975. The van der Waals surface area contributed by atoms with Crippen molar-refractivity contribution in [3.05, 3.63) is 58.6 Å². The fourth-order valence-electron chi connectivity index (χ4n) is 1.57. The molecule has 0 radical (unpaired) electrons. The maximum absolute atomic E-state index is 13.7. The molecular formula is C13H10ClF2NO3S. The van der Waals surface area contributed by atoms with Crippen LogP contribution in [0.3, 0.4) is 0 Å². The molecule has 0 saturated carbocycles. The molecule has 0 saturated heterocycles. The highest BCUT2D eigenvalue weighted by Gasteiger charge is 2.12. The predicted octanol–water partition coefficient (Wildman–Crippen LogP) is 2.84. The molecule has 21 heavy (non-hydrogen) atoms. The van der Waals surface area contributed by atoms with Crippen LogP contribution in [0.5, 0.6) is 5.75 Å². The second kappa shape index (κ2) is 5.97. The zero-order chi connectivity index (χ0) is 15.6. The van der Waals surface area contributed by atoms with E-state index < -0.39 is 21.7 Å². The molecule has 0 amide bonds. The van der Waals surface area contributed by atoms with E-state index in [9.17, 15) is 17.2 Å².